The van der Waals surface area contributed by atoms with Gasteiger partial charge in [-0.3, -0.25) is 0 Å². The lowest BCUT2D eigenvalue weighted by molar-refractivity contribution is 0.436. The van der Waals surface area contributed by atoms with Crippen molar-refractivity contribution in [2.75, 3.05) is 13.6 Å². The zero-order valence-corrected chi connectivity index (χ0v) is 9.72. The number of allylic oxidation sites excluding steroid dienone is 2. The molecule has 2 rings (SSSR count). The van der Waals surface area contributed by atoms with Gasteiger partial charge in [0.05, 0.1) is 0 Å². The molecule has 0 atom stereocenters. The van der Waals surface area contributed by atoms with E-state index in [0.717, 1.165) is 24.4 Å². The fraction of sp³-hybridized carbons (Fsp3) is 0.385. The summed E-state index contributed by atoms with van der Waals surface area (Å²) in [5.41, 5.74) is 1.56. The Hall–Kier alpha value is -0.790. The van der Waals surface area contributed by atoms with Gasteiger partial charge < -0.3 is 5.32 Å². The zero-order chi connectivity index (χ0) is 10.7. The predicted octanol–water partition coefficient (Wildman–Crippen LogP) is 3.15. The lowest BCUT2D eigenvalue weighted by Crippen LogP contribution is -2.34. The largest absolute Gasteiger partial charge is 0.319 e. The van der Waals surface area contributed by atoms with Crippen LogP contribution < -0.4 is 5.32 Å². The number of hydrogen-bond donors (Lipinski definition) is 1. The molecular weight excluding hydrogens is 206 g/mol. The Balaban J connectivity index is 2.32. The third-order valence-electron chi connectivity index (χ3n) is 3.14. The summed E-state index contributed by atoms with van der Waals surface area (Å²) in [5, 5.41) is 4.11. The van der Waals surface area contributed by atoms with Crippen molar-refractivity contribution in [3.8, 4) is 0 Å². The van der Waals surface area contributed by atoms with Crippen LogP contribution in [0.1, 0.15) is 18.4 Å². The highest BCUT2D eigenvalue weighted by Gasteiger charge is 2.32. The molecule has 0 unspecified atom stereocenters. The minimum Gasteiger partial charge on any atom is -0.319 e. The highest BCUT2D eigenvalue weighted by atomic mass is 35.5. The van der Waals surface area contributed by atoms with Crippen molar-refractivity contribution in [1.82, 2.24) is 5.32 Å². The third-order valence-corrected chi connectivity index (χ3v) is 3.37. The Morgan fingerprint density at radius 3 is 2.67 bits per heavy atom. The molecule has 0 aliphatic heterocycles. The number of halogens is 1. The number of benzene rings is 1. The van der Waals surface area contributed by atoms with Gasteiger partial charge in [-0.25, -0.2) is 0 Å². The van der Waals surface area contributed by atoms with Crippen molar-refractivity contribution in [2.24, 2.45) is 0 Å². The fourth-order valence-electron chi connectivity index (χ4n) is 2.34. The quantitative estimate of drug-likeness (QED) is 0.774. The van der Waals surface area contributed by atoms with E-state index < -0.39 is 0 Å². The first-order chi connectivity index (χ1) is 7.27. The van der Waals surface area contributed by atoms with Crippen LogP contribution in [0.15, 0.2) is 36.4 Å². The molecule has 0 bridgehead atoms. The van der Waals surface area contributed by atoms with Crippen molar-refractivity contribution < 1.29 is 0 Å². The average molecular weight is 222 g/mol. The van der Waals surface area contributed by atoms with Crippen LogP contribution in [0.3, 0.4) is 0 Å². The summed E-state index contributed by atoms with van der Waals surface area (Å²) in [7, 11) is 2.00. The number of nitrogens with one attached hydrogen (secondary N) is 1. The standard InChI is InChI=1S/C13H16ClN/c1-15-10-13(7-2-3-8-13)11-5-4-6-12(14)9-11/h2-6,9,15H,7-8,10H2,1H3. The molecule has 1 aliphatic carbocycles. The first-order valence-corrected chi connectivity index (χ1v) is 5.70. The normalized spacial score (nSPS) is 18.3. The molecule has 2 heteroatoms. The molecule has 0 amide bonds. The molecule has 1 aromatic rings. The summed E-state index contributed by atoms with van der Waals surface area (Å²) in [6.07, 6.45) is 6.73. The molecule has 1 aromatic carbocycles. The molecule has 0 saturated carbocycles. The molecule has 0 fully saturated rings. The maximum absolute atomic E-state index is 6.04. The maximum Gasteiger partial charge on any atom is 0.0408 e. The van der Waals surface area contributed by atoms with E-state index in [9.17, 15) is 0 Å². The van der Waals surface area contributed by atoms with Crippen LogP contribution in [0.4, 0.5) is 0 Å². The summed E-state index contributed by atoms with van der Waals surface area (Å²) >= 11 is 6.04. The molecule has 0 saturated heterocycles. The van der Waals surface area contributed by atoms with Crippen LogP contribution >= 0.6 is 11.6 Å². The van der Waals surface area contributed by atoms with Gasteiger partial charge in [0.15, 0.2) is 0 Å². The average Bonchev–Trinajstić information content (AvgIpc) is 2.68. The van der Waals surface area contributed by atoms with Crippen LogP contribution in [-0.2, 0) is 5.41 Å². The van der Waals surface area contributed by atoms with Crippen molar-refractivity contribution in [2.45, 2.75) is 18.3 Å². The zero-order valence-electron chi connectivity index (χ0n) is 8.96. The van der Waals surface area contributed by atoms with E-state index >= 15 is 0 Å². The molecular formula is C13H16ClN. The smallest absolute Gasteiger partial charge is 0.0408 e. The lowest BCUT2D eigenvalue weighted by atomic mass is 9.78. The summed E-state index contributed by atoms with van der Waals surface area (Å²) < 4.78 is 0. The van der Waals surface area contributed by atoms with Crippen LogP contribution in [0.25, 0.3) is 0 Å². The summed E-state index contributed by atoms with van der Waals surface area (Å²) in [5.74, 6) is 0. The summed E-state index contributed by atoms with van der Waals surface area (Å²) in [6.45, 7) is 1.00. The fourth-order valence-corrected chi connectivity index (χ4v) is 2.53. The van der Waals surface area contributed by atoms with Crippen LogP contribution in [0, 0.1) is 0 Å². The van der Waals surface area contributed by atoms with Gasteiger partial charge >= 0.3 is 0 Å². The summed E-state index contributed by atoms with van der Waals surface area (Å²) in [6, 6.07) is 8.23. The maximum atomic E-state index is 6.04. The lowest BCUT2D eigenvalue weighted by Gasteiger charge is -2.29. The highest BCUT2D eigenvalue weighted by molar-refractivity contribution is 6.30. The van der Waals surface area contributed by atoms with E-state index in [1.807, 2.05) is 19.2 Å². The van der Waals surface area contributed by atoms with E-state index in [1.165, 1.54) is 5.56 Å². The highest BCUT2D eigenvalue weighted by Crippen LogP contribution is 2.37. The van der Waals surface area contributed by atoms with Crippen LogP contribution in [0.2, 0.25) is 5.02 Å². The van der Waals surface area contributed by atoms with E-state index in [-0.39, 0.29) is 5.41 Å². The Kier molecular flexibility index (Phi) is 3.13. The second-order valence-corrected chi connectivity index (χ2v) is 4.64. The Bertz CT molecular complexity index is 363. The molecule has 0 aromatic heterocycles. The summed E-state index contributed by atoms with van der Waals surface area (Å²) in [4.78, 5) is 0. The molecule has 1 N–H and O–H groups in total. The van der Waals surface area contributed by atoms with Gasteiger partial charge in [-0.05, 0) is 37.6 Å². The van der Waals surface area contributed by atoms with Gasteiger partial charge in [0.2, 0.25) is 0 Å². The predicted molar refractivity (Wildman–Crippen MR) is 65.4 cm³/mol. The van der Waals surface area contributed by atoms with Crippen molar-refractivity contribution >= 4 is 11.6 Å². The monoisotopic (exact) mass is 221 g/mol. The number of rotatable bonds is 3. The first-order valence-electron chi connectivity index (χ1n) is 5.32. The Morgan fingerprint density at radius 2 is 2.07 bits per heavy atom. The third kappa shape index (κ3) is 2.09. The minimum atomic E-state index is 0.222. The molecule has 15 heavy (non-hydrogen) atoms. The van der Waals surface area contributed by atoms with Crippen molar-refractivity contribution in [3.63, 3.8) is 0 Å². The molecule has 0 radical (unpaired) electrons. The SMILES string of the molecule is CNCC1(c2cccc(Cl)c2)CC=CC1. The van der Waals surface area contributed by atoms with E-state index in [1.54, 1.807) is 0 Å². The second-order valence-electron chi connectivity index (χ2n) is 4.20. The van der Waals surface area contributed by atoms with Crippen molar-refractivity contribution in [1.29, 1.82) is 0 Å². The Labute approximate surface area is 96.1 Å². The van der Waals surface area contributed by atoms with E-state index in [2.05, 4.69) is 29.6 Å². The Morgan fingerprint density at radius 1 is 1.33 bits per heavy atom. The number of likely N-dealkylation sites (N-methyl/N-ethyl adjacent to an activating group) is 1. The number of hydrogen-bond acceptors (Lipinski definition) is 1. The molecule has 80 valence electrons. The van der Waals surface area contributed by atoms with E-state index in [0.29, 0.717) is 0 Å². The molecule has 0 spiro atoms. The van der Waals surface area contributed by atoms with Crippen LogP contribution in [-0.4, -0.2) is 13.6 Å². The van der Waals surface area contributed by atoms with Gasteiger partial charge in [0.1, 0.15) is 0 Å². The van der Waals surface area contributed by atoms with Crippen molar-refractivity contribution in [3.05, 3.63) is 47.0 Å². The van der Waals surface area contributed by atoms with Crippen LogP contribution in [0.5, 0.6) is 0 Å². The molecule has 0 heterocycles. The molecule has 1 aliphatic rings. The van der Waals surface area contributed by atoms with Gasteiger partial charge in [-0.1, -0.05) is 35.9 Å². The van der Waals surface area contributed by atoms with Gasteiger partial charge in [-0.15, -0.1) is 0 Å². The van der Waals surface area contributed by atoms with E-state index in [4.69, 9.17) is 11.6 Å². The minimum absolute atomic E-state index is 0.222. The topological polar surface area (TPSA) is 12.0 Å². The van der Waals surface area contributed by atoms with Gasteiger partial charge in [-0.2, -0.15) is 0 Å². The molecule has 1 nitrogen and oxygen atoms in total. The van der Waals surface area contributed by atoms with Gasteiger partial charge in [0, 0.05) is 17.0 Å². The second kappa shape index (κ2) is 4.38. The first kappa shape index (κ1) is 10.7. The van der Waals surface area contributed by atoms with Gasteiger partial charge in [0.25, 0.3) is 0 Å².